The summed E-state index contributed by atoms with van der Waals surface area (Å²) in [6.45, 7) is 0.677. The van der Waals surface area contributed by atoms with E-state index in [-0.39, 0.29) is 0 Å². The van der Waals surface area contributed by atoms with Crippen molar-refractivity contribution in [3.63, 3.8) is 0 Å². The van der Waals surface area contributed by atoms with Crippen molar-refractivity contribution in [2.45, 2.75) is 6.54 Å². The Morgan fingerprint density at radius 3 is 2.60 bits per heavy atom. The van der Waals surface area contributed by atoms with Crippen LogP contribution in [0.25, 0.3) is 0 Å². The first kappa shape index (κ1) is 14.6. The summed E-state index contributed by atoms with van der Waals surface area (Å²) in [5.41, 5.74) is 6.75. The van der Waals surface area contributed by atoms with Gasteiger partial charge in [0.2, 0.25) is 0 Å². The number of halogens is 1. The van der Waals surface area contributed by atoms with Gasteiger partial charge in [0.25, 0.3) is 5.91 Å². The monoisotopic (exact) mass is 334 g/mol. The Kier molecular flexibility index (Phi) is 4.76. The number of rotatable bonds is 5. The normalized spacial score (nSPS) is 10.3. The summed E-state index contributed by atoms with van der Waals surface area (Å²) in [6.07, 6.45) is 0. The zero-order chi connectivity index (χ0) is 14.5. The van der Waals surface area contributed by atoms with Gasteiger partial charge in [0.1, 0.15) is 11.5 Å². The Bertz CT molecular complexity index is 629. The molecule has 2 rings (SSSR count). The molecular weight excluding hydrogens is 320 g/mol. The molecule has 3 N–H and O–H groups in total. The summed E-state index contributed by atoms with van der Waals surface area (Å²) in [4.78, 5) is 11.5. The molecule has 0 spiro atoms. The first-order valence-electron chi connectivity index (χ1n) is 6.12. The number of carbonyl (C=O) groups excluding carboxylic acids is 1. The maximum Gasteiger partial charge on any atom is 0.253 e. The SMILES string of the molecule is CNCc1ccccc1Oc1cccc(Br)c1C(N)=O. The maximum absolute atomic E-state index is 11.5. The number of nitrogens with two attached hydrogens (primary N) is 1. The summed E-state index contributed by atoms with van der Waals surface area (Å²) < 4.78 is 6.48. The highest BCUT2D eigenvalue weighted by Gasteiger charge is 2.15. The van der Waals surface area contributed by atoms with E-state index < -0.39 is 5.91 Å². The molecule has 0 bridgehead atoms. The van der Waals surface area contributed by atoms with Gasteiger partial charge in [-0.2, -0.15) is 0 Å². The van der Waals surface area contributed by atoms with E-state index in [2.05, 4.69) is 21.2 Å². The number of amides is 1. The van der Waals surface area contributed by atoms with Gasteiger partial charge in [0.05, 0.1) is 5.56 Å². The molecule has 0 heterocycles. The van der Waals surface area contributed by atoms with Crippen molar-refractivity contribution >= 4 is 21.8 Å². The van der Waals surface area contributed by atoms with Gasteiger partial charge in [-0.05, 0) is 41.2 Å². The van der Waals surface area contributed by atoms with E-state index >= 15 is 0 Å². The highest BCUT2D eigenvalue weighted by atomic mass is 79.9. The van der Waals surface area contributed by atoms with Gasteiger partial charge in [-0.15, -0.1) is 0 Å². The van der Waals surface area contributed by atoms with Crippen LogP contribution in [-0.2, 0) is 6.54 Å². The zero-order valence-corrected chi connectivity index (χ0v) is 12.6. The Morgan fingerprint density at radius 2 is 1.90 bits per heavy atom. The van der Waals surface area contributed by atoms with E-state index in [9.17, 15) is 4.79 Å². The van der Waals surface area contributed by atoms with Crippen LogP contribution in [0.15, 0.2) is 46.9 Å². The van der Waals surface area contributed by atoms with E-state index in [0.717, 1.165) is 5.56 Å². The highest BCUT2D eigenvalue weighted by Crippen LogP contribution is 2.31. The molecule has 0 saturated carbocycles. The van der Waals surface area contributed by atoms with Crippen molar-refractivity contribution in [2.24, 2.45) is 5.73 Å². The summed E-state index contributed by atoms with van der Waals surface area (Å²) in [5, 5.41) is 3.08. The Hall–Kier alpha value is -1.85. The van der Waals surface area contributed by atoms with Crippen molar-refractivity contribution in [1.29, 1.82) is 0 Å². The van der Waals surface area contributed by atoms with E-state index in [1.165, 1.54) is 0 Å². The van der Waals surface area contributed by atoms with E-state index in [4.69, 9.17) is 10.5 Å². The number of carbonyl (C=O) groups is 1. The quantitative estimate of drug-likeness (QED) is 0.883. The second kappa shape index (κ2) is 6.54. The van der Waals surface area contributed by atoms with Crippen molar-refractivity contribution in [1.82, 2.24) is 5.32 Å². The van der Waals surface area contributed by atoms with Crippen LogP contribution < -0.4 is 15.8 Å². The molecule has 0 aliphatic heterocycles. The summed E-state index contributed by atoms with van der Waals surface area (Å²) in [7, 11) is 1.87. The van der Waals surface area contributed by atoms with Crippen molar-refractivity contribution in [2.75, 3.05) is 7.05 Å². The second-order valence-corrected chi connectivity index (χ2v) is 5.07. The molecule has 0 atom stereocenters. The molecule has 0 aliphatic carbocycles. The van der Waals surface area contributed by atoms with Crippen LogP contribution in [0, 0.1) is 0 Å². The van der Waals surface area contributed by atoms with Crippen LogP contribution >= 0.6 is 15.9 Å². The number of benzene rings is 2. The number of primary amides is 1. The standard InChI is InChI=1S/C15H15BrN2O2/c1-18-9-10-5-2-3-7-12(10)20-13-8-4-6-11(16)14(13)15(17)19/h2-8,18H,9H2,1H3,(H2,17,19). The van der Waals surface area contributed by atoms with Gasteiger partial charge in [-0.3, -0.25) is 4.79 Å². The van der Waals surface area contributed by atoms with Crippen LogP contribution in [0.1, 0.15) is 15.9 Å². The number of ether oxygens (including phenoxy) is 1. The van der Waals surface area contributed by atoms with Gasteiger partial charge < -0.3 is 15.8 Å². The molecule has 5 heteroatoms. The van der Waals surface area contributed by atoms with Gasteiger partial charge in [0.15, 0.2) is 0 Å². The lowest BCUT2D eigenvalue weighted by Crippen LogP contribution is -2.13. The zero-order valence-electron chi connectivity index (χ0n) is 11.0. The van der Waals surface area contributed by atoms with Crippen molar-refractivity contribution in [3.8, 4) is 11.5 Å². The lowest BCUT2D eigenvalue weighted by molar-refractivity contribution is 0.0997. The molecule has 0 unspecified atom stereocenters. The highest BCUT2D eigenvalue weighted by molar-refractivity contribution is 9.10. The molecule has 2 aromatic carbocycles. The van der Waals surface area contributed by atoms with Crippen LogP contribution in [-0.4, -0.2) is 13.0 Å². The number of hydrogen-bond acceptors (Lipinski definition) is 3. The predicted molar refractivity (Wildman–Crippen MR) is 81.9 cm³/mol. The number of para-hydroxylation sites is 1. The minimum atomic E-state index is -0.529. The number of nitrogens with one attached hydrogen (secondary N) is 1. The first-order chi connectivity index (χ1) is 9.63. The molecule has 2 aromatic rings. The summed E-state index contributed by atoms with van der Waals surface area (Å²) in [6, 6.07) is 12.9. The molecule has 0 aromatic heterocycles. The smallest absolute Gasteiger partial charge is 0.253 e. The van der Waals surface area contributed by atoms with Crippen LogP contribution in [0.2, 0.25) is 0 Å². The third-order valence-corrected chi connectivity index (χ3v) is 3.44. The molecule has 20 heavy (non-hydrogen) atoms. The van der Waals surface area contributed by atoms with Crippen LogP contribution in [0.5, 0.6) is 11.5 Å². The largest absolute Gasteiger partial charge is 0.456 e. The minimum Gasteiger partial charge on any atom is -0.456 e. The average Bonchev–Trinajstić information content (AvgIpc) is 2.41. The Morgan fingerprint density at radius 1 is 1.20 bits per heavy atom. The van der Waals surface area contributed by atoms with E-state index in [1.54, 1.807) is 18.2 Å². The molecule has 104 valence electrons. The average molecular weight is 335 g/mol. The lowest BCUT2D eigenvalue weighted by Gasteiger charge is -2.13. The maximum atomic E-state index is 11.5. The Labute approximate surface area is 126 Å². The van der Waals surface area contributed by atoms with Crippen molar-refractivity contribution in [3.05, 3.63) is 58.1 Å². The summed E-state index contributed by atoms with van der Waals surface area (Å²) in [5.74, 6) is 0.608. The molecular formula is C15H15BrN2O2. The fraction of sp³-hybridized carbons (Fsp3) is 0.133. The van der Waals surface area contributed by atoms with Gasteiger partial charge in [-0.25, -0.2) is 0 Å². The molecule has 0 saturated heterocycles. The van der Waals surface area contributed by atoms with Gasteiger partial charge in [0, 0.05) is 16.6 Å². The van der Waals surface area contributed by atoms with Gasteiger partial charge >= 0.3 is 0 Å². The van der Waals surface area contributed by atoms with E-state index in [0.29, 0.717) is 28.1 Å². The third-order valence-electron chi connectivity index (χ3n) is 2.78. The first-order valence-corrected chi connectivity index (χ1v) is 6.91. The minimum absolute atomic E-state index is 0.340. The van der Waals surface area contributed by atoms with Gasteiger partial charge in [-0.1, -0.05) is 24.3 Å². The van der Waals surface area contributed by atoms with Crippen LogP contribution in [0.3, 0.4) is 0 Å². The molecule has 1 amide bonds. The molecule has 0 aliphatic rings. The third kappa shape index (κ3) is 3.18. The topological polar surface area (TPSA) is 64.3 Å². The molecule has 0 radical (unpaired) electrons. The fourth-order valence-corrected chi connectivity index (χ4v) is 2.43. The fourth-order valence-electron chi connectivity index (χ4n) is 1.89. The molecule has 0 fully saturated rings. The Balaban J connectivity index is 2.40. The second-order valence-electron chi connectivity index (χ2n) is 4.22. The summed E-state index contributed by atoms with van der Waals surface area (Å²) >= 11 is 3.32. The lowest BCUT2D eigenvalue weighted by atomic mass is 10.1. The van der Waals surface area contributed by atoms with Crippen LogP contribution in [0.4, 0.5) is 0 Å². The van der Waals surface area contributed by atoms with E-state index in [1.807, 2.05) is 31.3 Å². The van der Waals surface area contributed by atoms with Crippen molar-refractivity contribution < 1.29 is 9.53 Å². The number of hydrogen-bond donors (Lipinski definition) is 2. The molecule has 4 nitrogen and oxygen atoms in total. The predicted octanol–water partition coefficient (Wildman–Crippen LogP) is 3.06.